The molecule has 0 unspecified atom stereocenters. The molecule has 216 valence electrons. The number of ether oxygens (including phenoxy) is 3. The summed E-state index contributed by atoms with van der Waals surface area (Å²) in [6.07, 6.45) is -3.80. The molecule has 2 amide bonds. The highest BCUT2D eigenvalue weighted by Crippen LogP contribution is 2.33. The lowest BCUT2D eigenvalue weighted by atomic mass is 9.98. The highest BCUT2D eigenvalue weighted by Gasteiger charge is 2.39. The predicted molar refractivity (Wildman–Crippen MR) is 133 cm³/mol. The van der Waals surface area contributed by atoms with Crippen LogP contribution in [0.25, 0.3) is 11.0 Å². The number of rotatable bonds is 7. The summed E-state index contributed by atoms with van der Waals surface area (Å²) in [7, 11) is 0. The number of nitrogens with zero attached hydrogens (tertiary/aromatic N) is 5. The van der Waals surface area contributed by atoms with E-state index in [1.807, 2.05) is 0 Å². The Bertz CT molecular complexity index is 1360. The Balaban J connectivity index is 1.44. The summed E-state index contributed by atoms with van der Waals surface area (Å²) in [5.41, 5.74) is 0.309. The first-order valence-electron chi connectivity index (χ1n) is 12.2. The van der Waals surface area contributed by atoms with Crippen molar-refractivity contribution in [1.29, 1.82) is 0 Å². The molecule has 0 aliphatic carbocycles. The first-order chi connectivity index (χ1) is 18.8. The van der Waals surface area contributed by atoms with Crippen LogP contribution in [0.3, 0.4) is 0 Å². The van der Waals surface area contributed by atoms with Crippen LogP contribution < -0.4 is 10.1 Å². The van der Waals surface area contributed by atoms with Crippen LogP contribution in [0, 0.1) is 0 Å². The first kappa shape index (κ1) is 29.3. The van der Waals surface area contributed by atoms with E-state index in [0.29, 0.717) is 28.9 Å². The van der Waals surface area contributed by atoms with Gasteiger partial charge in [0.05, 0.1) is 23.8 Å². The molecule has 16 heteroatoms. The molecule has 0 bridgehead atoms. The summed E-state index contributed by atoms with van der Waals surface area (Å²) < 4.78 is 56.1. The van der Waals surface area contributed by atoms with E-state index in [2.05, 4.69) is 30.2 Å². The summed E-state index contributed by atoms with van der Waals surface area (Å²) in [4.78, 5) is 36.0. The maximum Gasteiger partial charge on any atom is 0.522 e. The van der Waals surface area contributed by atoms with Crippen LogP contribution in [-0.2, 0) is 9.47 Å². The number of hydrogen-bond donors (Lipinski definition) is 1. The number of amides is 2. The zero-order chi connectivity index (χ0) is 29.1. The van der Waals surface area contributed by atoms with E-state index in [9.17, 15) is 22.8 Å². The Hall–Kier alpha value is -3.72. The monoisotopic (exact) mass is 586 g/mol. The van der Waals surface area contributed by atoms with Gasteiger partial charge in [0.2, 0.25) is 5.89 Å². The molecule has 1 N–H and O–H groups in total. The molecule has 0 saturated carbocycles. The molecule has 1 aliphatic heterocycles. The molecular formula is C24H26ClF3N6O6. The Morgan fingerprint density at radius 2 is 1.93 bits per heavy atom. The molecule has 1 fully saturated rings. The van der Waals surface area contributed by atoms with Crippen LogP contribution in [0.1, 0.15) is 56.0 Å². The minimum absolute atomic E-state index is 0.00133. The van der Waals surface area contributed by atoms with Gasteiger partial charge in [-0.3, -0.25) is 19.4 Å². The summed E-state index contributed by atoms with van der Waals surface area (Å²) in [5, 5.41) is 10.9. The molecule has 4 rings (SSSR count). The predicted octanol–water partition coefficient (Wildman–Crippen LogP) is 4.45. The lowest BCUT2D eigenvalue weighted by Gasteiger charge is -2.38. The van der Waals surface area contributed by atoms with Crippen LogP contribution >= 0.6 is 11.6 Å². The molecular weight excluding hydrogens is 561 g/mol. The number of alkyl halides is 3. The Morgan fingerprint density at radius 3 is 2.65 bits per heavy atom. The second-order valence-corrected chi connectivity index (χ2v) is 10.3. The van der Waals surface area contributed by atoms with Gasteiger partial charge in [-0.25, -0.2) is 9.78 Å². The molecule has 0 spiro atoms. The second-order valence-electron chi connectivity index (χ2n) is 9.83. The first-order valence-corrected chi connectivity index (χ1v) is 12.5. The van der Waals surface area contributed by atoms with Crippen molar-refractivity contribution in [3.63, 3.8) is 0 Å². The SMILES string of the molecule is CC(C)(C)OC(=O)N1C[C@H](NC(=O)c2cnc3cc(Cl)ccc3n2)CC[C@H]1c1nnc(OCCOC(F)(F)F)o1. The molecule has 1 aliphatic rings. The number of carbonyl (C=O) groups is 2. The van der Waals surface area contributed by atoms with E-state index in [-0.39, 0.29) is 24.2 Å². The van der Waals surface area contributed by atoms with Gasteiger partial charge in [-0.15, -0.1) is 18.3 Å². The number of likely N-dealkylation sites (tertiary alicyclic amines) is 1. The highest BCUT2D eigenvalue weighted by atomic mass is 35.5. The number of carbonyl (C=O) groups excluding carboxylic acids is 2. The van der Waals surface area contributed by atoms with Crippen molar-refractivity contribution in [2.24, 2.45) is 0 Å². The normalized spacial score (nSPS) is 18.0. The standard InChI is InChI=1S/C24H26ClF3N6O6/c1-23(2,3)40-22(36)34-12-14(30-19(35)17-11-29-16-10-13(25)4-6-15(16)31-17)5-7-18(34)20-32-33-21(39-20)37-8-9-38-24(26,27)28/h4,6,10-11,14,18H,5,7-9,12H2,1-3H3,(H,30,35)/t14-,18+/m1/s1. The van der Waals surface area contributed by atoms with E-state index in [4.69, 9.17) is 25.5 Å². The molecule has 0 radical (unpaired) electrons. The maximum atomic E-state index is 13.1. The summed E-state index contributed by atoms with van der Waals surface area (Å²) >= 11 is 5.98. The van der Waals surface area contributed by atoms with E-state index in [0.717, 1.165) is 0 Å². The van der Waals surface area contributed by atoms with E-state index in [1.54, 1.807) is 39.0 Å². The third-order valence-electron chi connectivity index (χ3n) is 5.56. The Morgan fingerprint density at radius 1 is 1.15 bits per heavy atom. The van der Waals surface area contributed by atoms with E-state index in [1.165, 1.54) is 11.1 Å². The van der Waals surface area contributed by atoms with Crippen molar-refractivity contribution in [3.8, 4) is 6.08 Å². The highest BCUT2D eigenvalue weighted by molar-refractivity contribution is 6.31. The Labute approximate surface area is 231 Å². The minimum atomic E-state index is -4.79. The number of nitrogens with one attached hydrogen (secondary N) is 1. The number of benzene rings is 1. The zero-order valence-electron chi connectivity index (χ0n) is 21.7. The molecule has 1 aromatic carbocycles. The van der Waals surface area contributed by atoms with Gasteiger partial charge in [0.1, 0.15) is 23.9 Å². The van der Waals surface area contributed by atoms with Gasteiger partial charge in [-0.05, 0) is 51.8 Å². The van der Waals surface area contributed by atoms with Crippen molar-refractivity contribution in [2.45, 2.75) is 57.7 Å². The molecule has 1 saturated heterocycles. The van der Waals surface area contributed by atoms with Crippen molar-refractivity contribution >= 4 is 34.6 Å². The van der Waals surface area contributed by atoms with Gasteiger partial charge in [0.25, 0.3) is 5.91 Å². The van der Waals surface area contributed by atoms with Crippen molar-refractivity contribution in [3.05, 3.63) is 41.0 Å². The van der Waals surface area contributed by atoms with Gasteiger partial charge in [0.15, 0.2) is 0 Å². The number of hydrogen-bond acceptors (Lipinski definition) is 10. The summed E-state index contributed by atoms with van der Waals surface area (Å²) in [5.74, 6) is -0.479. The fourth-order valence-corrected chi connectivity index (χ4v) is 4.09. The van der Waals surface area contributed by atoms with Gasteiger partial charge in [-0.2, -0.15) is 0 Å². The fraction of sp³-hybridized carbons (Fsp3) is 0.500. The molecule has 3 heterocycles. The lowest BCUT2D eigenvalue weighted by molar-refractivity contribution is -0.325. The number of fused-ring (bicyclic) bond motifs is 1. The van der Waals surface area contributed by atoms with E-state index >= 15 is 0 Å². The van der Waals surface area contributed by atoms with E-state index < -0.39 is 49.3 Å². The van der Waals surface area contributed by atoms with Gasteiger partial charge in [0, 0.05) is 17.6 Å². The van der Waals surface area contributed by atoms with Crippen LogP contribution in [0.2, 0.25) is 5.02 Å². The van der Waals surface area contributed by atoms with Crippen LogP contribution in [0.15, 0.2) is 28.8 Å². The second kappa shape index (κ2) is 11.8. The average Bonchev–Trinajstić information content (AvgIpc) is 3.33. The van der Waals surface area contributed by atoms with Crippen LogP contribution in [0.4, 0.5) is 18.0 Å². The van der Waals surface area contributed by atoms with Gasteiger partial charge in [-0.1, -0.05) is 16.7 Å². The van der Waals surface area contributed by atoms with Crippen LogP contribution in [-0.4, -0.2) is 74.8 Å². The Kier molecular flexibility index (Phi) is 8.63. The van der Waals surface area contributed by atoms with Gasteiger partial charge >= 0.3 is 18.5 Å². The molecule has 40 heavy (non-hydrogen) atoms. The fourth-order valence-electron chi connectivity index (χ4n) is 3.92. The molecule has 2 atom stereocenters. The number of halogens is 4. The van der Waals surface area contributed by atoms with Crippen molar-refractivity contribution < 1.29 is 41.4 Å². The molecule has 12 nitrogen and oxygen atoms in total. The quantitative estimate of drug-likeness (QED) is 0.394. The smallest absolute Gasteiger partial charge is 0.447 e. The van der Waals surface area contributed by atoms with Crippen molar-refractivity contribution in [1.82, 2.24) is 30.4 Å². The van der Waals surface area contributed by atoms with Gasteiger partial charge < -0.3 is 19.2 Å². The topological polar surface area (TPSA) is 142 Å². The molecule has 3 aromatic rings. The summed E-state index contributed by atoms with van der Waals surface area (Å²) in [6, 6.07) is 3.73. The van der Waals surface area contributed by atoms with Crippen molar-refractivity contribution in [2.75, 3.05) is 19.8 Å². The largest absolute Gasteiger partial charge is 0.522 e. The average molecular weight is 587 g/mol. The van der Waals surface area contributed by atoms with Crippen LogP contribution in [0.5, 0.6) is 6.08 Å². The zero-order valence-corrected chi connectivity index (χ0v) is 22.5. The third-order valence-corrected chi connectivity index (χ3v) is 5.80. The lowest BCUT2D eigenvalue weighted by Crippen LogP contribution is -2.52. The molecule has 2 aromatic heterocycles. The third kappa shape index (κ3) is 7.91. The summed E-state index contributed by atoms with van der Waals surface area (Å²) in [6.45, 7) is 3.90. The number of aromatic nitrogens is 4. The number of piperidine rings is 1. The maximum absolute atomic E-state index is 13.1. The minimum Gasteiger partial charge on any atom is -0.447 e.